The van der Waals surface area contributed by atoms with Gasteiger partial charge in [-0.05, 0) is 30.3 Å². The molecule has 1 aromatic heterocycles. The number of nitrogens with one attached hydrogen (secondary N) is 1. The zero-order valence-corrected chi connectivity index (χ0v) is 17.2. The van der Waals surface area contributed by atoms with E-state index in [1.165, 1.54) is 11.8 Å². The molecule has 0 fully saturated rings. The third kappa shape index (κ3) is 4.28. The predicted octanol–water partition coefficient (Wildman–Crippen LogP) is 4.64. The highest BCUT2D eigenvalue weighted by Gasteiger charge is 2.26. The molecule has 1 unspecified atom stereocenters. The van der Waals surface area contributed by atoms with Crippen LogP contribution in [0.1, 0.15) is 25.1 Å². The van der Waals surface area contributed by atoms with E-state index in [1.54, 1.807) is 25.1 Å². The van der Waals surface area contributed by atoms with Gasteiger partial charge in [-0.1, -0.05) is 43.0 Å². The third-order valence-electron chi connectivity index (χ3n) is 4.37. The van der Waals surface area contributed by atoms with Gasteiger partial charge in [0.15, 0.2) is 11.9 Å². The van der Waals surface area contributed by atoms with E-state index in [2.05, 4.69) is 27.1 Å². The van der Waals surface area contributed by atoms with E-state index in [4.69, 9.17) is 9.47 Å². The van der Waals surface area contributed by atoms with Gasteiger partial charge in [-0.25, -0.2) is 0 Å². The number of carbonyl (C=O) groups is 1. The van der Waals surface area contributed by atoms with Crippen LogP contribution in [0.25, 0.3) is 11.3 Å². The van der Waals surface area contributed by atoms with Crippen LogP contribution in [0.3, 0.4) is 0 Å². The number of para-hydroxylation sites is 1. The first-order chi connectivity index (χ1) is 14.7. The number of esters is 1. The van der Waals surface area contributed by atoms with Gasteiger partial charge in [0.05, 0.1) is 0 Å². The van der Waals surface area contributed by atoms with Gasteiger partial charge in [0.1, 0.15) is 5.75 Å². The Morgan fingerprint density at radius 1 is 1.23 bits per heavy atom. The average Bonchev–Trinajstić information content (AvgIpc) is 2.94. The lowest BCUT2D eigenvalue weighted by Crippen LogP contribution is -2.17. The fourth-order valence-electron chi connectivity index (χ4n) is 2.91. The maximum absolute atomic E-state index is 11.5. The number of nitrogens with zero attached hydrogens (tertiary/aromatic N) is 3. The summed E-state index contributed by atoms with van der Waals surface area (Å²) in [5.74, 6) is 1.30. The van der Waals surface area contributed by atoms with Crippen molar-refractivity contribution in [2.24, 2.45) is 0 Å². The van der Waals surface area contributed by atoms with Crippen LogP contribution in [0.5, 0.6) is 11.6 Å². The maximum Gasteiger partial charge on any atom is 0.310 e. The molecule has 0 bridgehead atoms. The van der Waals surface area contributed by atoms with E-state index in [-0.39, 0.29) is 5.97 Å². The van der Waals surface area contributed by atoms with Gasteiger partial charge in [0.25, 0.3) is 0 Å². The van der Waals surface area contributed by atoms with E-state index >= 15 is 0 Å². The normalized spacial score (nSPS) is 14.4. The lowest BCUT2D eigenvalue weighted by molar-refractivity contribution is -0.134. The van der Waals surface area contributed by atoms with E-state index in [0.29, 0.717) is 34.7 Å². The molecule has 0 saturated carbocycles. The molecule has 2 heterocycles. The Hall–Kier alpha value is -3.39. The molecular formula is C22H20N4O3S. The fraction of sp³-hybridized carbons (Fsp3) is 0.182. The highest BCUT2D eigenvalue weighted by Crippen LogP contribution is 2.39. The van der Waals surface area contributed by atoms with Gasteiger partial charge in [-0.2, -0.15) is 4.98 Å². The number of anilines is 1. The second-order valence-corrected chi connectivity index (χ2v) is 7.42. The number of benzene rings is 2. The summed E-state index contributed by atoms with van der Waals surface area (Å²) in [5, 5.41) is 12.5. The second-order valence-electron chi connectivity index (χ2n) is 6.43. The minimum Gasteiger partial charge on any atom is -0.448 e. The number of rotatable bonds is 6. The van der Waals surface area contributed by atoms with Crippen LogP contribution in [0.4, 0.5) is 5.69 Å². The minimum absolute atomic E-state index is 0.276. The number of thioether (sulfide) groups is 1. The van der Waals surface area contributed by atoms with Crippen LogP contribution >= 0.6 is 11.8 Å². The molecule has 0 spiro atoms. The lowest BCUT2D eigenvalue weighted by atomic mass is 10.1. The van der Waals surface area contributed by atoms with Crippen molar-refractivity contribution in [1.82, 2.24) is 15.2 Å². The Kier molecular flexibility index (Phi) is 5.94. The quantitative estimate of drug-likeness (QED) is 0.267. The zero-order chi connectivity index (χ0) is 20.9. The van der Waals surface area contributed by atoms with Crippen LogP contribution in [0.15, 0.2) is 66.3 Å². The van der Waals surface area contributed by atoms with Gasteiger partial charge in [-0.3, -0.25) is 4.79 Å². The van der Waals surface area contributed by atoms with Gasteiger partial charge >= 0.3 is 5.97 Å². The Balaban J connectivity index is 1.68. The van der Waals surface area contributed by atoms with Crippen LogP contribution in [0, 0.1) is 0 Å². The molecule has 152 valence electrons. The van der Waals surface area contributed by atoms with Gasteiger partial charge in [0.2, 0.25) is 11.0 Å². The first kappa shape index (κ1) is 19.9. The summed E-state index contributed by atoms with van der Waals surface area (Å²) in [4.78, 5) is 16.1. The summed E-state index contributed by atoms with van der Waals surface area (Å²) in [6, 6.07) is 15.0. The van der Waals surface area contributed by atoms with Crippen molar-refractivity contribution >= 4 is 23.4 Å². The molecule has 0 radical (unpaired) electrons. The number of fused-ring (bicyclic) bond motifs is 3. The summed E-state index contributed by atoms with van der Waals surface area (Å²) in [7, 11) is 0. The van der Waals surface area contributed by atoms with Crippen LogP contribution in [-0.2, 0) is 4.79 Å². The van der Waals surface area contributed by atoms with Crippen LogP contribution in [0.2, 0.25) is 0 Å². The topological polar surface area (TPSA) is 86.2 Å². The molecule has 1 aliphatic heterocycles. The largest absolute Gasteiger partial charge is 0.448 e. The van der Waals surface area contributed by atoms with E-state index < -0.39 is 6.23 Å². The van der Waals surface area contributed by atoms with E-state index in [9.17, 15) is 4.79 Å². The summed E-state index contributed by atoms with van der Waals surface area (Å²) < 4.78 is 11.5. The number of aromatic nitrogens is 3. The highest BCUT2D eigenvalue weighted by atomic mass is 32.2. The third-order valence-corrected chi connectivity index (χ3v) is 5.20. The molecular weight excluding hydrogens is 400 g/mol. The first-order valence-electron chi connectivity index (χ1n) is 9.49. The standard InChI is InChI=1S/C22H20N4O3S/c1-3-13-30-22-24-21-19(25-26-22)16-7-5-6-8-17(16)23-20(29-21)14-9-11-15(12-10-14)28-18(27)4-2/h3,5-12,20,23H,1,4,13H2,2H3. The van der Waals surface area contributed by atoms with Crippen molar-refractivity contribution in [1.29, 1.82) is 0 Å². The van der Waals surface area contributed by atoms with Crippen molar-refractivity contribution in [2.45, 2.75) is 24.7 Å². The SMILES string of the molecule is C=CCSc1nnc2c(n1)OC(c1ccc(OC(=O)CC)cc1)Nc1ccccc1-2. The number of carbonyl (C=O) groups excluding carboxylic acids is 1. The highest BCUT2D eigenvalue weighted by molar-refractivity contribution is 7.99. The van der Waals surface area contributed by atoms with Gasteiger partial charge < -0.3 is 14.8 Å². The molecule has 1 N–H and O–H groups in total. The zero-order valence-electron chi connectivity index (χ0n) is 16.4. The van der Waals surface area contributed by atoms with Gasteiger partial charge in [0, 0.05) is 29.0 Å². The van der Waals surface area contributed by atoms with Crippen LogP contribution < -0.4 is 14.8 Å². The summed E-state index contributed by atoms with van der Waals surface area (Å²) >= 11 is 1.44. The molecule has 4 rings (SSSR count). The van der Waals surface area contributed by atoms with Gasteiger partial charge in [-0.15, -0.1) is 16.8 Å². The van der Waals surface area contributed by atoms with Crippen molar-refractivity contribution in [2.75, 3.05) is 11.1 Å². The molecule has 0 saturated heterocycles. The summed E-state index contributed by atoms with van der Waals surface area (Å²) in [6.07, 6.45) is 1.60. The number of ether oxygens (including phenoxy) is 2. The Morgan fingerprint density at radius 3 is 2.80 bits per heavy atom. The average molecular weight is 420 g/mol. The second kappa shape index (κ2) is 8.96. The fourth-order valence-corrected chi connectivity index (χ4v) is 3.42. The monoisotopic (exact) mass is 420 g/mol. The number of hydrogen-bond acceptors (Lipinski definition) is 8. The molecule has 3 aromatic rings. The molecule has 8 heteroatoms. The van der Waals surface area contributed by atoms with Crippen molar-refractivity contribution < 1.29 is 14.3 Å². The lowest BCUT2D eigenvalue weighted by Gasteiger charge is -2.19. The van der Waals surface area contributed by atoms with Crippen molar-refractivity contribution in [3.8, 4) is 22.9 Å². The summed E-state index contributed by atoms with van der Waals surface area (Å²) in [5.41, 5.74) is 3.17. The minimum atomic E-state index is -0.503. The molecule has 1 atom stereocenters. The predicted molar refractivity (Wildman–Crippen MR) is 116 cm³/mol. The molecule has 30 heavy (non-hydrogen) atoms. The maximum atomic E-state index is 11.5. The smallest absolute Gasteiger partial charge is 0.310 e. The van der Waals surface area contributed by atoms with Crippen molar-refractivity contribution in [3.05, 3.63) is 66.7 Å². The number of hydrogen-bond donors (Lipinski definition) is 1. The van der Waals surface area contributed by atoms with Crippen molar-refractivity contribution in [3.63, 3.8) is 0 Å². The Bertz CT molecular complexity index is 1070. The molecule has 0 amide bonds. The molecule has 2 aromatic carbocycles. The summed E-state index contributed by atoms with van der Waals surface area (Å²) in [6.45, 7) is 5.48. The Labute approximate surface area is 178 Å². The van der Waals surface area contributed by atoms with E-state index in [1.807, 2.05) is 36.4 Å². The molecule has 1 aliphatic rings. The van der Waals surface area contributed by atoms with E-state index in [0.717, 1.165) is 16.8 Å². The molecule has 7 nitrogen and oxygen atoms in total. The molecule has 0 aliphatic carbocycles. The van der Waals surface area contributed by atoms with Crippen LogP contribution in [-0.4, -0.2) is 26.9 Å². The first-order valence-corrected chi connectivity index (χ1v) is 10.5. The Morgan fingerprint density at radius 2 is 2.03 bits per heavy atom.